The number of amides is 1. The van der Waals surface area contributed by atoms with Crippen molar-refractivity contribution < 1.29 is 44.2 Å². The van der Waals surface area contributed by atoms with Gasteiger partial charge < -0.3 is 39.4 Å². The van der Waals surface area contributed by atoms with Gasteiger partial charge in [-0.25, -0.2) is 4.79 Å². The van der Waals surface area contributed by atoms with E-state index in [-0.39, 0.29) is 19.8 Å². The van der Waals surface area contributed by atoms with Crippen LogP contribution in [0, 0.1) is 0 Å². The summed E-state index contributed by atoms with van der Waals surface area (Å²) in [4.78, 5) is 14.3. The van der Waals surface area contributed by atoms with Gasteiger partial charge in [0.1, 0.15) is 36.8 Å². The smallest absolute Gasteiger partial charge is 0.414 e. The van der Waals surface area contributed by atoms with Crippen molar-refractivity contribution in [2.45, 2.75) is 43.7 Å². The minimum atomic E-state index is -1.51. The number of hydrogen-bond acceptors (Lipinski definition) is 9. The summed E-state index contributed by atoms with van der Waals surface area (Å²) in [6.07, 6.45) is -6.92. The lowest BCUT2D eigenvalue weighted by Crippen LogP contribution is -2.59. The highest BCUT2D eigenvalue weighted by atomic mass is 16.7. The Morgan fingerprint density at radius 2 is 1.71 bits per heavy atom. The molecule has 1 fully saturated rings. The van der Waals surface area contributed by atoms with E-state index in [2.05, 4.69) is 0 Å². The van der Waals surface area contributed by atoms with Gasteiger partial charge in [-0.15, -0.1) is 0 Å². The fourth-order valence-electron chi connectivity index (χ4n) is 3.51. The van der Waals surface area contributed by atoms with E-state index in [0.29, 0.717) is 17.9 Å². The number of carbonyl (C=O) groups is 1. The molecule has 1 aliphatic heterocycles. The maximum absolute atomic E-state index is 12.9. The van der Waals surface area contributed by atoms with Crippen LogP contribution in [0.5, 0.6) is 5.75 Å². The van der Waals surface area contributed by atoms with Gasteiger partial charge in [-0.3, -0.25) is 4.90 Å². The fourth-order valence-corrected chi connectivity index (χ4v) is 3.51. The molecule has 3 rings (SSSR count). The molecule has 10 heteroatoms. The van der Waals surface area contributed by atoms with Crippen LogP contribution in [0.4, 0.5) is 10.5 Å². The molecule has 1 saturated heterocycles. The fraction of sp³-hybridized carbons (Fsp3) is 0.458. The van der Waals surface area contributed by atoms with Crippen molar-refractivity contribution >= 4 is 11.8 Å². The van der Waals surface area contributed by atoms with Crippen LogP contribution in [-0.2, 0) is 20.8 Å². The molecule has 0 spiro atoms. The first-order valence-corrected chi connectivity index (χ1v) is 11.0. The summed E-state index contributed by atoms with van der Waals surface area (Å²) in [5, 5.41) is 39.1. The second-order valence-electron chi connectivity index (χ2n) is 7.81. The monoisotopic (exact) mass is 477 g/mol. The van der Waals surface area contributed by atoms with Crippen molar-refractivity contribution in [2.75, 3.05) is 31.8 Å². The number of carbonyl (C=O) groups excluding carboxylic acids is 1. The second-order valence-corrected chi connectivity index (χ2v) is 7.81. The number of rotatable bonds is 10. The standard InChI is InChI=1S/C24H31NO9/c1-31-18-10-8-17(9-11-18)25(24(30)33-15-16-6-3-2-4-7-16)12-5-13-32-23-22(29)21(28)20(27)19(14-26)34-23/h2-4,6-11,19-23,26-29H,5,12-15H2,1H3. The minimum absolute atomic E-state index is 0.0707. The van der Waals surface area contributed by atoms with Gasteiger partial charge in [-0.1, -0.05) is 30.3 Å². The van der Waals surface area contributed by atoms with Gasteiger partial charge >= 0.3 is 6.09 Å². The van der Waals surface area contributed by atoms with Crippen LogP contribution in [0.2, 0.25) is 0 Å². The predicted molar refractivity (Wildman–Crippen MR) is 121 cm³/mol. The zero-order valence-corrected chi connectivity index (χ0v) is 18.9. The first-order valence-electron chi connectivity index (χ1n) is 11.0. The third-order valence-electron chi connectivity index (χ3n) is 5.47. The van der Waals surface area contributed by atoms with Crippen LogP contribution >= 0.6 is 0 Å². The molecule has 10 nitrogen and oxygen atoms in total. The molecule has 0 bridgehead atoms. The van der Waals surface area contributed by atoms with Crippen molar-refractivity contribution in [1.82, 2.24) is 0 Å². The summed E-state index contributed by atoms with van der Waals surface area (Å²) in [5.41, 5.74) is 1.46. The number of anilines is 1. The van der Waals surface area contributed by atoms with E-state index in [1.54, 1.807) is 31.4 Å². The second kappa shape index (κ2) is 12.7. The van der Waals surface area contributed by atoms with Crippen LogP contribution in [0.15, 0.2) is 54.6 Å². The van der Waals surface area contributed by atoms with E-state index in [1.807, 2.05) is 30.3 Å². The number of aliphatic hydroxyl groups is 4. The summed E-state index contributed by atoms with van der Waals surface area (Å²) in [6.45, 7) is -0.115. The van der Waals surface area contributed by atoms with Crippen LogP contribution < -0.4 is 9.64 Å². The number of ether oxygens (including phenoxy) is 4. The molecular formula is C24H31NO9. The molecule has 0 radical (unpaired) electrons. The maximum Gasteiger partial charge on any atom is 0.414 e. The first kappa shape index (κ1) is 25.9. The Hall–Kier alpha value is -2.73. The van der Waals surface area contributed by atoms with Gasteiger partial charge in [0.25, 0.3) is 0 Å². The van der Waals surface area contributed by atoms with Gasteiger partial charge in [0, 0.05) is 12.2 Å². The molecule has 2 aromatic rings. The molecule has 4 N–H and O–H groups in total. The van der Waals surface area contributed by atoms with Crippen LogP contribution in [0.1, 0.15) is 12.0 Å². The summed E-state index contributed by atoms with van der Waals surface area (Å²) in [5.74, 6) is 0.646. The quantitative estimate of drug-likeness (QED) is 0.370. The van der Waals surface area contributed by atoms with Gasteiger partial charge in [0.05, 0.1) is 20.3 Å². The average molecular weight is 478 g/mol. The maximum atomic E-state index is 12.9. The molecule has 186 valence electrons. The predicted octanol–water partition coefficient (Wildman–Crippen LogP) is 1.04. The molecule has 1 heterocycles. The zero-order chi connectivity index (χ0) is 24.5. The Kier molecular flexibility index (Phi) is 9.63. The third-order valence-corrected chi connectivity index (χ3v) is 5.47. The van der Waals surface area contributed by atoms with E-state index < -0.39 is 43.4 Å². The van der Waals surface area contributed by atoms with E-state index in [9.17, 15) is 25.2 Å². The molecule has 2 aromatic carbocycles. The number of hydrogen-bond donors (Lipinski definition) is 4. The van der Waals surface area contributed by atoms with E-state index in [0.717, 1.165) is 5.56 Å². The summed E-state index contributed by atoms with van der Waals surface area (Å²) in [7, 11) is 1.55. The van der Waals surface area contributed by atoms with Crippen LogP contribution in [0.3, 0.4) is 0 Å². The van der Waals surface area contributed by atoms with Crippen molar-refractivity contribution in [3.8, 4) is 5.75 Å². The Morgan fingerprint density at radius 3 is 2.35 bits per heavy atom. The Balaban J connectivity index is 1.59. The molecule has 5 atom stereocenters. The first-order chi connectivity index (χ1) is 16.4. The van der Waals surface area contributed by atoms with Crippen molar-refractivity contribution in [3.63, 3.8) is 0 Å². The topological polar surface area (TPSA) is 138 Å². The molecule has 1 amide bonds. The van der Waals surface area contributed by atoms with Crippen molar-refractivity contribution in [2.24, 2.45) is 0 Å². The highest BCUT2D eigenvalue weighted by molar-refractivity contribution is 5.87. The highest BCUT2D eigenvalue weighted by Gasteiger charge is 2.43. The lowest BCUT2D eigenvalue weighted by Gasteiger charge is -2.39. The number of nitrogens with zero attached hydrogens (tertiary/aromatic N) is 1. The lowest BCUT2D eigenvalue weighted by molar-refractivity contribution is -0.301. The van der Waals surface area contributed by atoms with Gasteiger partial charge in [0.15, 0.2) is 6.29 Å². The largest absolute Gasteiger partial charge is 0.497 e. The van der Waals surface area contributed by atoms with E-state index in [4.69, 9.17) is 18.9 Å². The molecule has 0 saturated carbocycles. The van der Waals surface area contributed by atoms with Crippen molar-refractivity contribution in [1.29, 1.82) is 0 Å². The average Bonchev–Trinajstić information content (AvgIpc) is 2.88. The van der Waals surface area contributed by atoms with Crippen LogP contribution in [0.25, 0.3) is 0 Å². The SMILES string of the molecule is COc1ccc(N(CCCOC2OC(CO)C(O)C(O)C2O)C(=O)OCc2ccccc2)cc1. The molecule has 1 aliphatic rings. The van der Waals surface area contributed by atoms with Crippen LogP contribution in [-0.4, -0.2) is 84.1 Å². The van der Waals surface area contributed by atoms with Crippen molar-refractivity contribution in [3.05, 3.63) is 60.2 Å². The van der Waals surface area contributed by atoms with E-state index >= 15 is 0 Å². The van der Waals surface area contributed by atoms with Gasteiger partial charge in [-0.2, -0.15) is 0 Å². The summed E-state index contributed by atoms with van der Waals surface area (Å²) in [6, 6.07) is 16.3. The normalized spacial score (nSPS) is 24.4. The molecule has 34 heavy (non-hydrogen) atoms. The lowest BCUT2D eigenvalue weighted by atomic mass is 9.99. The van der Waals surface area contributed by atoms with Gasteiger partial charge in [-0.05, 0) is 36.2 Å². The molecule has 5 unspecified atom stereocenters. The molecule has 0 aliphatic carbocycles. The Morgan fingerprint density at radius 1 is 1.00 bits per heavy atom. The number of methoxy groups -OCH3 is 1. The Labute approximate surface area is 197 Å². The number of benzene rings is 2. The minimum Gasteiger partial charge on any atom is -0.497 e. The van der Waals surface area contributed by atoms with E-state index in [1.165, 1.54) is 4.90 Å². The summed E-state index contributed by atoms with van der Waals surface area (Å²) < 4.78 is 21.5. The summed E-state index contributed by atoms with van der Waals surface area (Å²) >= 11 is 0. The highest BCUT2D eigenvalue weighted by Crippen LogP contribution is 2.23. The number of aliphatic hydroxyl groups excluding tert-OH is 4. The zero-order valence-electron chi connectivity index (χ0n) is 18.9. The molecular weight excluding hydrogens is 446 g/mol. The molecule has 0 aromatic heterocycles. The Bertz CT molecular complexity index is 878. The van der Waals surface area contributed by atoms with Gasteiger partial charge in [0.2, 0.25) is 0 Å². The third kappa shape index (κ3) is 6.66.